The van der Waals surface area contributed by atoms with Crippen molar-refractivity contribution in [3.63, 3.8) is 0 Å². The van der Waals surface area contributed by atoms with Crippen LogP contribution in [0.25, 0.3) is 54.6 Å². The van der Waals surface area contributed by atoms with Crippen LogP contribution in [0, 0.1) is 5.92 Å². The van der Waals surface area contributed by atoms with Crippen molar-refractivity contribution in [1.29, 1.82) is 0 Å². The number of hydrogen-bond donors (Lipinski definition) is 0. The maximum absolute atomic E-state index is 6.20. The van der Waals surface area contributed by atoms with Crippen molar-refractivity contribution in [2.24, 2.45) is 5.92 Å². The lowest BCUT2D eigenvalue weighted by atomic mass is 9.72. The number of rotatable bonds is 1. The molecule has 0 N–H and O–H groups in total. The van der Waals surface area contributed by atoms with Gasteiger partial charge in [-0.05, 0) is 91.4 Å². The Morgan fingerprint density at radius 2 is 1.47 bits per heavy atom. The zero-order valence-corrected chi connectivity index (χ0v) is 20.5. The van der Waals surface area contributed by atoms with Gasteiger partial charge in [0.25, 0.3) is 0 Å². The fourth-order valence-electron chi connectivity index (χ4n) is 6.79. The summed E-state index contributed by atoms with van der Waals surface area (Å²) < 4.78 is 6.20. The van der Waals surface area contributed by atoms with Crippen LogP contribution in [0.2, 0.25) is 0 Å². The first-order chi connectivity index (χ1) is 17.6. The van der Waals surface area contributed by atoms with Crippen LogP contribution in [0.4, 0.5) is 0 Å². The molecule has 0 radical (unpaired) electrons. The fourth-order valence-corrected chi connectivity index (χ4v) is 6.79. The van der Waals surface area contributed by atoms with E-state index in [1.807, 2.05) is 6.07 Å². The van der Waals surface area contributed by atoms with Crippen molar-refractivity contribution in [3.05, 3.63) is 120 Å². The number of hydrogen-bond acceptors (Lipinski definition) is 1. The molecule has 5 aromatic carbocycles. The molecule has 2 aliphatic carbocycles. The summed E-state index contributed by atoms with van der Waals surface area (Å²) in [7, 11) is 0. The Hall–Kier alpha value is -4.10. The third-order valence-electron chi connectivity index (χ3n) is 8.75. The number of furan rings is 1. The summed E-state index contributed by atoms with van der Waals surface area (Å²) in [6.07, 6.45) is 5.83. The minimum atomic E-state index is 0.0686. The van der Waals surface area contributed by atoms with E-state index < -0.39 is 0 Å². The van der Waals surface area contributed by atoms with E-state index in [0.717, 1.165) is 17.6 Å². The first kappa shape index (κ1) is 20.1. The van der Waals surface area contributed by atoms with Crippen molar-refractivity contribution in [1.82, 2.24) is 0 Å². The SMILES string of the molecule is CC1(C)c2ccc3cc4oc5ccccc5c4cc3c2C2=CC=C(c3ccc4ccccc4c3)CC21. The fraction of sp³-hybridized carbons (Fsp3) is 0.143. The number of benzene rings is 5. The first-order valence-corrected chi connectivity index (χ1v) is 12.9. The molecule has 8 rings (SSSR count). The molecule has 0 spiro atoms. The van der Waals surface area contributed by atoms with Crippen LogP contribution in [0.5, 0.6) is 0 Å². The van der Waals surface area contributed by atoms with Gasteiger partial charge in [-0.25, -0.2) is 0 Å². The summed E-state index contributed by atoms with van der Waals surface area (Å²) in [6, 6.07) is 33.2. The molecule has 0 bridgehead atoms. The van der Waals surface area contributed by atoms with Crippen LogP contribution in [0.1, 0.15) is 37.0 Å². The minimum Gasteiger partial charge on any atom is -0.456 e. The molecule has 172 valence electrons. The standard InChI is InChI=1S/C35H26O/c1-35(2)30-16-14-25-19-33-29(26-9-5-6-10-32(26)36-33)20-28(25)34(30)27-15-13-24(18-31(27)35)23-12-11-21-7-3-4-8-22(21)17-23/h3-17,19-20,31H,18H2,1-2H3. The third kappa shape index (κ3) is 2.66. The van der Waals surface area contributed by atoms with Crippen LogP contribution in [0.15, 0.2) is 108 Å². The molecular formula is C35H26O. The van der Waals surface area contributed by atoms with Gasteiger partial charge in [-0.15, -0.1) is 0 Å². The maximum atomic E-state index is 6.20. The first-order valence-electron chi connectivity index (χ1n) is 12.9. The van der Waals surface area contributed by atoms with Crippen molar-refractivity contribution in [3.8, 4) is 0 Å². The van der Waals surface area contributed by atoms with Gasteiger partial charge in [-0.3, -0.25) is 0 Å². The van der Waals surface area contributed by atoms with Crippen LogP contribution in [0.3, 0.4) is 0 Å². The van der Waals surface area contributed by atoms with Gasteiger partial charge in [0.05, 0.1) is 0 Å². The van der Waals surface area contributed by atoms with Crippen molar-refractivity contribution in [2.75, 3.05) is 0 Å². The van der Waals surface area contributed by atoms with E-state index in [1.165, 1.54) is 60.2 Å². The highest BCUT2D eigenvalue weighted by Gasteiger charge is 2.44. The molecule has 1 heterocycles. The summed E-state index contributed by atoms with van der Waals surface area (Å²) in [5.41, 5.74) is 9.15. The molecule has 0 aliphatic heterocycles. The molecule has 36 heavy (non-hydrogen) atoms. The number of allylic oxidation sites excluding steroid dienone is 4. The van der Waals surface area contributed by atoms with Crippen molar-refractivity contribution < 1.29 is 4.42 Å². The molecule has 0 saturated carbocycles. The monoisotopic (exact) mass is 462 g/mol. The number of para-hydroxylation sites is 1. The zero-order valence-electron chi connectivity index (χ0n) is 20.5. The van der Waals surface area contributed by atoms with Gasteiger partial charge in [0.2, 0.25) is 0 Å². The van der Waals surface area contributed by atoms with E-state index >= 15 is 0 Å². The molecule has 0 fully saturated rings. The molecule has 1 heteroatoms. The van der Waals surface area contributed by atoms with Gasteiger partial charge < -0.3 is 4.42 Å². The van der Waals surface area contributed by atoms with Crippen LogP contribution in [-0.2, 0) is 5.41 Å². The summed E-state index contributed by atoms with van der Waals surface area (Å²) in [4.78, 5) is 0. The quantitative estimate of drug-likeness (QED) is 0.237. The summed E-state index contributed by atoms with van der Waals surface area (Å²) in [6.45, 7) is 4.86. The van der Waals surface area contributed by atoms with Crippen LogP contribution < -0.4 is 0 Å². The smallest absolute Gasteiger partial charge is 0.136 e. The van der Waals surface area contributed by atoms with Gasteiger partial charge in [0.1, 0.15) is 11.2 Å². The molecule has 1 atom stereocenters. The maximum Gasteiger partial charge on any atom is 0.136 e. The van der Waals surface area contributed by atoms with Crippen LogP contribution >= 0.6 is 0 Å². The lowest BCUT2D eigenvalue weighted by molar-refractivity contribution is 0.418. The molecular weight excluding hydrogens is 436 g/mol. The van der Waals surface area contributed by atoms with E-state index in [0.29, 0.717) is 5.92 Å². The van der Waals surface area contributed by atoms with Crippen LogP contribution in [-0.4, -0.2) is 0 Å². The highest BCUT2D eigenvalue weighted by Crippen LogP contribution is 2.56. The Kier molecular flexibility index (Phi) is 3.90. The third-order valence-corrected chi connectivity index (χ3v) is 8.75. The Labute approximate surface area is 210 Å². The second-order valence-corrected chi connectivity index (χ2v) is 11.0. The predicted molar refractivity (Wildman–Crippen MR) is 152 cm³/mol. The lowest BCUT2D eigenvalue weighted by Gasteiger charge is -2.31. The highest BCUT2D eigenvalue weighted by molar-refractivity contribution is 6.12. The lowest BCUT2D eigenvalue weighted by Crippen LogP contribution is -2.24. The largest absolute Gasteiger partial charge is 0.456 e. The van der Waals surface area contributed by atoms with Crippen molar-refractivity contribution >= 4 is 54.6 Å². The predicted octanol–water partition coefficient (Wildman–Crippen LogP) is 9.67. The van der Waals surface area contributed by atoms with E-state index in [9.17, 15) is 0 Å². The molecule has 1 aromatic heterocycles. The van der Waals surface area contributed by atoms with Gasteiger partial charge >= 0.3 is 0 Å². The zero-order chi connectivity index (χ0) is 24.0. The molecule has 1 unspecified atom stereocenters. The molecule has 2 aliphatic rings. The second-order valence-electron chi connectivity index (χ2n) is 11.0. The Bertz CT molecular complexity index is 1940. The van der Waals surface area contributed by atoms with Crippen molar-refractivity contribution in [2.45, 2.75) is 25.7 Å². The van der Waals surface area contributed by atoms with E-state index in [4.69, 9.17) is 4.42 Å². The molecule has 0 saturated heterocycles. The summed E-state index contributed by atoms with van der Waals surface area (Å²) in [5.74, 6) is 0.460. The van der Waals surface area contributed by atoms with Gasteiger partial charge in [0, 0.05) is 10.8 Å². The Balaban J connectivity index is 1.34. The molecule has 1 nitrogen and oxygen atoms in total. The van der Waals surface area contributed by atoms with Gasteiger partial charge in [-0.2, -0.15) is 0 Å². The number of fused-ring (bicyclic) bond motifs is 9. The summed E-state index contributed by atoms with van der Waals surface area (Å²) >= 11 is 0. The molecule has 6 aromatic rings. The Morgan fingerprint density at radius 3 is 2.39 bits per heavy atom. The Morgan fingerprint density at radius 1 is 0.667 bits per heavy atom. The highest BCUT2D eigenvalue weighted by atomic mass is 16.3. The normalized spacial score (nSPS) is 18.4. The minimum absolute atomic E-state index is 0.0686. The average Bonchev–Trinajstić information content (AvgIpc) is 3.38. The average molecular weight is 463 g/mol. The second kappa shape index (κ2) is 6.98. The summed E-state index contributed by atoms with van der Waals surface area (Å²) in [5, 5.41) is 7.60. The topological polar surface area (TPSA) is 13.1 Å². The van der Waals surface area contributed by atoms with E-state index in [2.05, 4.69) is 111 Å². The van der Waals surface area contributed by atoms with Gasteiger partial charge in [-0.1, -0.05) is 92.7 Å². The van der Waals surface area contributed by atoms with E-state index in [1.54, 1.807) is 0 Å². The molecule has 0 amide bonds. The van der Waals surface area contributed by atoms with Gasteiger partial charge in [0.15, 0.2) is 0 Å². The van der Waals surface area contributed by atoms with E-state index in [-0.39, 0.29) is 5.41 Å².